The molecule has 1 aromatic heterocycles. The number of hydrogen-bond acceptors (Lipinski definition) is 6. The number of thiophene rings is 1. The maximum Gasteiger partial charge on any atom is 0.262 e. The third-order valence-electron chi connectivity index (χ3n) is 4.16. The van der Waals surface area contributed by atoms with Gasteiger partial charge in [-0.25, -0.2) is 13.9 Å². The maximum atomic E-state index is 13.2. The van der Waals surface area contributed by atoms with Crippen LogP contribution < -0.4 is 10.2 Å². The van der Waals surface area contributed by atoms with Crippen LogP contribution in [0.15, 0.2) is 40.6 Å². The van der Waals surface area contributed by atoms with Crippen LogP contribution in [-0.4, -0.2) is 35.5 Å². The van der Waals surface area contributed by atoms with Crippen molar-refractivity contribution in [1.82, 2.24) is 9.79 Å². The Kier molecular flexibility index (Phi) is 5.31. The molecular weight excluding hydrogens is 388 g/mol. The first kappa shape index (κ1) is 19.8. The minimum absolute atomic E-state index is 0.0678. The van der Waals surface area contributed by atoms with E-state index in [1.54, 1.807) is 17.6 Å². The molecule has 0 unspecified atom stereocenters. The number of nitrogens with one attached hydrogen (secondary N) is 1. The number of hydrogen-bond donors (Lipinski definition) is 2. The van der Waals surface area contributed by atoms with E-state index in [1.165, 1.54) is 23.5 Å². The minimum Gasteiger partial charge on any atom is -0.488 e. The zero-order valence-electron chi connectivity index (χ0n) is 15.3. The molecular formula is C18H22N2O5S2. The van der Waals surface area contributed by atoms with Gasteiger partial charge in [0, 0.05) is 17.8 Å². The van der Waals surface area contributed by atoms with Crippen molar-refractivity contribution in [3.8, 4) is 5.75 Å². The van der Waals surface area contributed by atoms with Gasteiger partial charge in [-0.2, -0.15) is 4.31 Å². The Morgan fingerprint density at radius 2 is 1.93 bits per heavy atom. The van der Waals surface area contributed by atoms with E-state index in [1.807, 2.05) is 32.2 Å². The van der Waals surface area contributed by atoms with Crippen molar-refractivity contribution in [1.29, 1.82) is 0 Å². The van der Waals surface area contributed by atoms with Crippen LogP contribution in [0.4, 0.5) is 0 Å². The van der Waals surface area contributed by atoms with E-state index >= 15 is 0 Å². The quantitative estimate of drug-likeness (QED) is 0.597. The van der Waals surface area contributed by atoms with Crippen molar-refractivity contribution in [2.24, 2.45) is 0 Å². The molecule has 2 aromatic rings. The zero-order chi connectivity index (χ0) is 19.8. The lowest BCUT2D eigenvalue weighted by atomic mass is 10.0. The third-order valence-corrected chi connectivity index (χ3v) is 7.01. The van der Waals surface area contributed by atoms with Crippen LogP contribution in [0.25, 0.3) is 0 Å². The molecule has 1 atom stereocenters. The molecule has 0 saturated heterocycles. The summed E-state index contributed by atoms with van der Waals surface area (Å²) in [6.07, 6.45) is 0.226. The number of fused-ring (bicyclic) bond motifs is 1. The smallest absolute Gasteiger partial charge is 0.262 e. The molecule has 0 spiro atoms. The Bertz CT molecular complexity index is 929. The summed E-state index contributed by atoms with van der Waals surface area (Å²) < 4.78 is 33.2. The number of sulfonamides is 1. The van der Waals surface area contributed by atoms with E-state index < -0.39 is 27.6 Å². The zero-order valence-corrected chi connectivity index (χ0v) is 16.9. The Morgan fingerprint density at radius 1 is 1.26 bits per heavy atom. The van der Waals surface area contributed by atoms with E-state index in [-0.39, 0.29) is 17.9 Å². The van der Waals surface area contributed by atoms with Gasteiger partial charge in [0.15, 0.2) is 0 Å². The number of ether oxygens (including phenoxy) is 1. The number of benzene rings is 1. The van der Waals surface area contributed by atoms with E-state index in [4.69, 9.17) is 9.94 Å². The van der Waals surface area contributed by atoms with Crippen molar-refractivity contribution in [2.75, 3.05) is 0 Å². The molecule has 1 amide bonds. The van der Waals surface area contributed by atoms with Gasteiger partial charge in [0.2, 0.25) is 10.0 Å². The lowest BCUT2D eigenvalue weighted by Crippen LogP contribution is -2.51. The molecule has 0 fully saturated rings. The summed E-state index contributed by atoms with van der Waals surface area (Å²) in [5.41, 5.74) is 2.06. The summed E-state index contributed by atoms with van der Waals surface area (Å²) in [5, 5.41) is 10.9. The molecule has 2 N–H and O–H groups in total. The number of rotatable bonds is 4. The van der Waals surface area contributed by atoms with Crippen molar-refractivity contribution in [3.05, 3.63) is 46.2 Å². The third kappa shape index (κ3) is 4.16. The summed E-state index contributed by atoms with van der Waals surface area (Å²) in [5.74, 6) is -0.185. The molecule has 0 bridgehead atoms. The summed E-state index contributed by atoms with van der Waals surface area (Å²) in [7, 11) is -3.94. The van der Waals surface area contributed by atoms with Gasteiger partial charge in [-0.15, -0.1) is 11.3 Å². The van der Waals surface area contributed by atoms with E-state index in [2.05, 4.69) is 0 Å². The van der Waals surface area contributed by atoms with Gasteiger partial charge in [-0.1, -0.05) is 0 Å². The van der Waals surface area contributed by atoms with E-state index in [9.17, 15) is 13.2 Å². The number of amides is 1. The second kappa shape index (κ2) is 7.23. The van der Waals surface area contributed by atoms with Crippen molar-refractivity contribution in [2.45, 2.75) is 50.3 Å². The Labute approximate surface area is 162 Å². The molecule has 7 nitrogen and oxygen atoms in total. The van der Waals surface area contributed by atoms with E-state index in [0.29, 0.717) is 5.75 Å². The highest BCUT2D eigenvalue weighted by molar-refractivity contribution is 7.89. The number of carbonyl (C=O) groups excluding carboxylic acids is 1. The van der Waals surface area contributed by atoms with Crippen LogP contribution in [0.3, 0.4) is 0 Å². The summed E-state index contributed by atoms with van der Waals surface area (Å²) in [6, 6.07) is 6.98. The van der Waals surface area contributed by atoms with E-state index in [0.717, 1.165) is 14.7 Å². The fourth-order valence-corrected chi connectivity index (χ4v) is 5.46. The van der Waals surface area contributed by atoms with Crippen LogP contribution >= 0.6 is 11.3 Å². The number of hydroxylamine groups is 1. The fourth-order valence-electron chi connectivity index (χ4n) is 2.96. The van der Waals surface area contributed by atoms with Gasteiger partial charge >= 0.3 is 0 Å². The predicted octanol–water partition coefficient (Wildman–Crippen LogP) is 2.55. The highest BCUT2D eigenvalue weighted by atomic mass is 32.2. The summed E-state index contributed by atoms with van der Waals surface area (Å²) in [6.45, 7) is 5.80. The Balaban J connectivity index is 1.93. The monoisotopic (exact) mass is 410 g/mol. The van der Waals surface area contributed by atoms with Crippen LogP contribution in [0.5, 0.6) is 5.75 Å². The van der Waals surface area contributed by atoms with Crippen LogP contribution in [-0.2, 0) is 27.8 Å². The topological polar surface area (TPSA) is 95.9 Å². The van der Waals surface area contributed by atoms with Crippen molar-refractivity contribution in [3.63, 3.8) is 0 Å². The standard InChI is InChI=1S/C18H22N2O5S2/c1-18(2,3)25-13-4-6-14(7-5-13)27(23,24)20-11-12-8-9-26-16(12)10-15(20)17(21)19-22/h4-9,15,22H,10-11H2,1-3H3,(H,19,21)/t15-/m1/s1. The molecule has 0 radical (unpaired) electrons. The molecule has 0 aliphatic carbocycles. The average Bonchev–Trinajstić information content (AvgIpc) is 3.06. The number of nitrogens with zero attached hydrogens (tertiary/aromatic N) is 1. The summed E-state index contributed by atoms with van der Waals surface area (Å²) >= 11 is 1.47. The fraction of sp³-hybridized carbons (Fsp3) is 0.389. The molecule has 9 heteroatoms. The molecule has 2 heterocycles. The Morgan fingerprint density at radius 3 is 2.52 bits per heavy atom. The predicted molar refractivity (Wildman–Crippen MR) is 101 cm³/mol. The highest BCUT2D eigenvalue weighted by Gasteiger charge is 2.40. The second-order valence-corrected chi connectivity index (χ2v) is 10.2. The lowest BCUT2D eigenvalue weighted by molar-refractivity contribution is -0.133. The molecule has 0 saturated carbocycles. The van der Waals surface area contributed by atoms with Gasteiger partial charge in [0.1, 0.15) is 17.4 Å². The number of carbonyl (C=O) groups is 1. The van der Waals surface area contributed by atoms with Crippen LogP contribution in [0, 0.1) is 0 Å². The van der Waals surface area contributed by atoms with Crippen LogP contribution in [0.2, 0.25) is 0 Å². The largest absolute Gasteiger partial charge is 0.488 e. The molecule has 1 aliphatic rings. The normalized spacial score (nSPS) is 18.0. The molecule has 27 heavy (non-hydrogen) atoms. The maximum absolute atomic E-state index is 13.2. The first-order valence-corrected chi connectivity index (χ1v) is 10.7. The first-order chi connectivity index (χ1) is 12.6. The molecule has 1 aliphatic heterocycles. The van der Waals surface area contributed by atoms with Gasteiger partial charge in [0.25, 0.3) is 5.91 Å². The van der Waals surface area contributed by atoms with Gasteiger partial charge in [-0.05, 0) is 62.0 Å². The first-order valence-electron chi connectivity index (χ1n) is 8.42. The van der Waals surface area contributed by atoms with Gasteiger partial charge in [0.05, 0.1) is 4.90 Å². The van der Waals surface area contributed by atoms with Gasteiger partial charge in [-0.3, -0.25) is 10.0 Å². The van der Waals surface area contributed by atoms with Gasteiger partial charge < -0.3 is 4.74 Å². The van der Waals surface area contributed by atoms with Crippen molar-refractivity contribution >= 4 is 27.3 Å². The highest BCUT2D eigenvalue weighted by Crippen LogP contribution is 2.32. The van der Waals surface area contributed by atoms with Crippen LogP contribution in [0.1, 0.15) is 31.2 Å². The molecule has 3 rings (SSSR count). The average molecular weight is 411 g/mol. The molecule has 1 aromatic carbocycles. The SMILES string of the molecule is CC(C)(C)Oc1ccc(S(=O)(=O)N2Cc3ccsc3C[C@@H]2C(=O)NO)cc1. The second-order valence-electron chi connectivity index (χ2n) is 7.30. The molecule has 146 valence electrons. The minimum atomic E-state index is -3.94. The lowest BCUT2D eigenvalue weighted by Gasteiger charge is -2.33. The Hall–Kier alpha value is -1.94. The summed E-state index contributed by atoms with van der Waals surface area (Å²) in [4.78, 5) is 13.1. The van der Waals surface area contributed by atoms with Crippen molar-refractivity contribution < 1.29 is 23.2 Å².